The number of nitrogens with zero attached hydrogens (tertiary/aromatic N) is 1. The number of hydrogen-bond acceptors (Lipinski definition) is 4. The van der Waals surface area contributed by atoms with Crippen molar-refractivity contribution in [2.45, 2.75) is 25.5 Å². The van der Waals surface area contributed by atoms with Crippen LogP contribution in [0.5, 0.6) is 0 Å². The summed E-state index contributed by atoms with van der Waals surface area (Å²) in [5.41, 5.74) is 7.30. The normalized spacial score (nSPS) is 16.1. The van der Waals surface area contributed by atoms with Gasteiger partial charge in [0.25, 0.3) is 5.91 Å². The van der Waals surface area contributed by atoms with Crippen molar-refractivity contribution in [3.05, 3.63) is 29.8 Å². The standard InChI is InChI=1S/C15H21N3O3/c1-21-13(9-16)15(20)17-10-11-4-6-12(7-5-11)18-8-2-3-14(18)19/h4-7,13H,2-3,8-10,16H2,1H3,(H,17,20). The Labute approximate surface area is 124 Å². The monoisotopic (exact) mass is 291 g/mol. The second kappa shape index (κ2) is 7.19. The van der Waals surface area contributed by atoms with E-state index in [0.29, 0.717) is 13.0 Å². The molecule has 0 bridgehead atoms. The molecule has 6 nitrogen and oxygen atoms in total. The summed E-state index contributed by atoms with van der Waals surface area (Å²) in [7, 11) is 1.46. The van der Waals surface area contributed by atoms with E-state index in [1.807, 2.05) is 24.3 Å². The van der Waals surface area contributed by atoms with E-state index in [1.54, 1.807) is 4.90 Å². The van der Waals surface area contributed by atoms with Crippen LogP contribution in [0.15, 0.2) is 24.3 Å². The Bertz CT molecular complexity index is 497. The fourth-order valence-electron chi connectivity index (χ4n) is 2.33. The highest BCUT2D eigenvalue weighted by Crippen LogP contribution is 2.21. The molecule has 1 aromatic carbocycles. The lowest BCUT2D eigenvalue weighted by molar-refractivity contribution is -0.130. The Hall–Kier alpha value is -1.92. The minimum Gasteiger partial charge on any atom is -0.370 e. The fraction of sp³-hybridized carbons (Fsp3) is 0.467. The van der Waals surface area contributed by atoms with Gasteiger partial charge in [-0.3, -0.25) is 9.59 Å². The van der Waals surface area contributed by atoms with Gasteiger partial charge in [-0.25, -0.2) is 0 Å². The Morgan fingerprint density at radius 3 is 2.67 bits per heavy atom. The zero-order valence-electron chi connectivity index (χ0n) is 12.2. The smallest absolute Gasteiger partial charge is 0.250 e. The SMILES string of the molecule is COC(CN)C(=O)NCc1ccc(N2CCCC2=O)cc1. The minimum atomic E-state index is -0.619. The predicted molar refractivity (Wildman–Crippen MR) is 79.7 cm³/mol. The van der Waals surface area contributed by atoms with Gasteiger partial charge in [0.05, 0.1) is 0 Å². The second-order valence-electron chi connectivity index (χ2n) is 4.99. The minimum absolute atomic E-state index is 0.151. The number of carbonyl (C=O) groups is 2. The van der Waals surface area contributed by atoms with Gasteiger partial charge in [0, 0.05) is 38.9 Å². The van der Waals surface area contributed by atoms with Crippen LogP contribution in [0.25, 0.3) is 0 Å². The van der Waals surface area contributed by atoms with Crippen LogP contribution in [0.2, 0.25) is 0 Å². The number of benzene rings is 1. The lowest BCUT2D eigenvalue weighted by atomic mass is 10.2. The molecule has 0 spiro atoms. The van der Waals surface area contributed by atoms with Crippen molar-refractivity contribution in [3.63, 3.8) is 0 Å². The predicted octanol–water partition coefficient (Wildman–Crippen LogP) is 0.403. The summed E-state index contributed by atoms with van der Waals surface area (Å²) < 4.78 is 4.97. The number of ether oxygens (including phenoxy) is 1. The molecule has 6 heteroatoms. The number of nitrogens with one attached hydrogen (secondary N) is 1. The van der Waals surface area contributed by atoms with Crippen molar-refractivity contribution in [2.24, 2.45) is 5.73 Å². The van der Waals surface area contributed by atoms with Gasteiger partial charge in [0.2, 0.25) is 5.91 Å². The molecule has 1 heterocycles. The van der Waals surface area contributed by atoms with E-state index < -0.39 is 6.10 Å². The van der Waals surface area contributed by atoms with Gasteiger partial charge < -0.3 is 20.7 Å². The number of anilines is 1. The van der Waals surface area contributed by atoms with Crippen molar-refractivity contribution in [1.82, 2.24) is 5.32 Å². The summed E-state index contributed by atoms with van der Waals surface area (Å²) in [6.45, 7) is 1.34. The molecule has 0 radical (unpaired) electrons. The van der Waals surface area contributed by atoms with Crippen molar-refractivity contribution >= 4 is 17.5 Å². The van der Waals surface area contributed by atoms with Crippen LogP contribution in [0.3, 0.4) is 0 Å². The molecule has 1 aliphatic heterocycles. The Morgan fingerprint density at radius 1 is 1.43 bits per heavy atom. The topological polar surface area (TPSA) is 84.7 Å². The average Bonchev–Trinajstić information content (AvgIpc) is 2.93. The van der Waals surface area contributed by atoms with Crippen molar-refractivity contribution in [3.8, 4) is 0 Å². The third kappa shape index (κ3) is 3.80. The molecule has 1 atom stereocenters. The van der Waals surface area contributed by atoms with Crippen molar-refractivity contribution in [1.29, 1.82) is 0 Å². The highest BCUT2D eigenvalue weighted by molar-refractivity contribution is 5.95. The van der Waals surface area contributed by atoms with Gasteiger partial charge in [0.15, 0.2) is 0 Å². The lowest BCUT2D eigenvalue weighted by Crippen LogP contribution is -2.40. The lowest BCUT2D eigenvalue weighted by Gasteiger charge is -2.16. The number of methoxy groups -OCH3 is 1. The zero-order valence-corrected chi connectivity index (χ0v) is 12.2. The largest absolute Gasteiger partial charge is 0.370 e. The Balaban J connectivity index is 1.91. The molecule has 0 aliphatic carbocycles. The maximum absolute atomic E-state index is 11.7. The van der Waals surface area contributed by atoms with E-state index in [0.717, 1.165) is 24.2 Å². The quantitative estimate of drug-likeness (QED) is 0.794. The molecule has 0 saturated carbocycles. The maximum atomic E-state index is 11.7. The Morgan fingerprint density at radius 2 is 2.14 bits per heavy atom. The summed E-state index contributed by atoms with van der Waals surface area (Å²) in [5.74, 6) is -0.0549. The molecule has 2 rings (SSSR count). The van der Waals surface area contributed by atoms with Gasteiger partial charge in [0.1, 0.15) is 6.10 Å². The van der Waals surface area contributed by atoms with Crippen LogP contribution in [0, 0.1) is 0 Å². The summed E-state index contributed by atoms with van der Waals surface area (Å²) in [6, 6.07) is 7.62. The van der Waals surface area contributed by atoms with E-state index in [2.05, 4.69) is 5.32 Å². The molecular formula is C15H21N3O3. The molecule has 1 saturated heterocycles. The molecule has 3 N–H and O–H groups in total. The van der Waals surface area contributed by atoms with E-state index in [9.17, 15) is 9.59 Å². The Kier molecular flexibility index (Phi) is 5.30. The number of nitrogens with two attached hydrogens (primary N) is 1. The number of hydrogen-bond donors (Lipinski definition) is 2. The van der Waals surface area contributed by atoms with E-state index in [4.69, 9.17) is 10.5 Å². The fourth-order valence-corrected chi connectivity index (χ4v) is 2.33. The van der Waals surface area contributed by atoms with Crippen molar-refractivity contribution in [2.75, 3.05) is 25.1 Å². The van der Waals surface area contributed by atoms with Crippen LogP contribution in [0.4, 0.5) is 5.69 Å². The molecule has 1 unspecified atom stereocenters. The molecule has 2 amide bonds. The first-order valence-corrected chi connectivity index (χ1v) is 7.05. The molecule has 1 fully saturated rings. The molecule has 1 aromatic rings. The highest BCUT2D eigenvalue weighted by atomic mass is 16.5. The number of amides is 2. The van der Waals surface area contributed by atoms with Gasteiger partial charge >= 0.3 is 0 Å². The highest BCUT2D eigenvalue weighted by Gasteiger charge is 2.21. The second-order valence-corrected chi connectivity index (χ2v) is 4.99. The zero-order chi connectivity index (χ0) is 15.2. The van der Waals surface area contributed by atoms with Gasteiger partial charge in [-0.15, -0.1) is 0 Å². The van der Waals surface area contributed by atoms with Crippen LogP contribution < -0.4 is 16.0 Å². The van der Waals surface area contributed by atoms with Crippen LogP contribution in [-0.4, -0.2) is 38.1 Å². The molecular weight excluding hydrogens is 270 g/mol. The summed E-state index contributed by atoms with van der Waals surface area (Å²) in [5, 5.41) is 2.77. The summed E-state index contributed by atoms with van der Waals surface area (Å²) >= 11 is 0. The summed E-state index contributed by atoms with van der Waals surface area (Å²) in [4.78, 5) is 25.2. The van der Waals surface area contributed by atoms with Crippen LogP contribution in [0.1, 0.15) is 18.4 Å². The van der Waals surface area contributed by atoms with Gasteiger partial charge in [-0.05, 0) is 24.1 Å². The van der Waals surface area contributed by atoms with Crippen LogP contribution >= 0.6 is 0 Å². The van der Waals surface area contributed by atoms with Gasteiger partial charge in [-0.2, -0.15) is 0 Å². The third-order valence-electron chi connectivity index (χ3n) is 3.58. The molecule has 114 valence electrons. The third-order valence-corrected chi connectivity index (χ3v) is 3.58. The number of carbonyl (C=O) groups excluding carboxylic acids is 2. The maximum Gasteiger partial charge on any atom is 0.250 e. The van der Waals surface area contributed by atoms with Gasteiger partial charge in [-0.1, -0.05) is 12.1 Å². The first-order chi connectivity index (χ1) is 10.2. The molecule has 1 aliphatic rings. The summed E-state index contributed by atoms with van der Waals surface area (Å²) in [6.07, 6.45) is 0.912. The molecule has 0 aromatic heterocycles. The first kappa shape index (κ1) is 15.5. The van der Waals surface area contributed by atoms with E-state index in [-0.39, 0.29) is 18.4 Å². The molecule has 21 heavy (non-hydrogen) atoms. The number of rotatable bonds is 6. The van der Waals surface area contributed by atoms with Crippen LogP contribution in [-0.2, 0) is 20.9 Å². The van der Waals surface area contributed by atoms with Crippen molar-refractivity contribution < 1.29 is 14.3 Å². The van der Waals surface area contributed by atoms with E-state index >= 15 is 0 Å². The first-order valence-electron chi connectivity index (χ1n) is 7.05. The van der Waals surface area contributed by atoms with E-state index in [1.165, 1.54) is 7.11 Å². The average molecular weight is 291 g/mol.